The molecule has 0 bridgehead atoms. The molecule has 0 N–H and O–H groups in total. The topological polar surface area (TPSA) is 60.9 Å². The highest BCUT2D eigenvalue weighted by Crippen LogP contribution is 2.17. The van der Waals surface area contributed by atoms with Crippen molar-refractivity contribution in [1.82, 2.24) is 9.21 Å². The van der Waals surface area contributed by atoms with E-state index in [1.54, 1.807) is 17.0 Å². The summed E-state index contributed by atoms with van der Waals surface area (Å²) in [4.78, 5) is 16.3. The zero-order valence-electron chi connectivity index (χ0n) is 15.0. The van der Waals surface area contributed by atoms with E-state index < -0.39 is 10.0 Å². The molecule has 1 fully saturated rings. The van der Waals surface area contributed by atoms with Crippen molar-refractivity contribution >= 4 is 21.6 Å². The highest BCUT2D eigenvalue weighted by Gasteiger charge is 2.26. The van der Waals surface area contributed by atoms with Gasteiger partial charge in [0.1, 0.15) is 5.82 Å². The van der Waals surface area contributed by atoms with Gasteiger partial charge < -0.3 is 9.80 Å². The SMILES string of the molecule is CC(C)CN(CC(=O)N1CCN(c2ccc(F)cc2)CC1)S(C)(=O)=O. The van der Waals surface area contributed by atoms with Crippen LogP contribution >= 0.6 is 0 Å². The first kappa shape index (κ1) is 19.7. The summed E-state index contributed by atoms with van der Waals surface area (Å²) < 4.78 is 38.0. The lowest BCUT2D eigenvalue weighted by Crippen LogP contribution is -2.52. The number of rotatable bonds is 6. The van der Waals surface area contributed by atoms with Gasteiger partial charge in [-0.05, 0) is 30.2 Å². The molecular formula is C17H26FN3O3S. The highest BCUT2D eigenvalue weighted by atomic mass is 32.2. The predicted molar refractivity (Wildman–Crippen MR) is 96.4 cm³/mol. The molecule has 0 atom stereocenters. The van der Waals surface area contributed by atoms with Crippen LogP contribution in [0.3, 0.4) is 0 Å². The van der Waals surface area contributed by atoms with Crippen molar-refractivity contribution in [3.8, 4) is 0 Å². The summed E-state index contributed by atoms with van der Waals surface area (Å²) in [5, 5.41) is 0. The van der Waals surface area contributed by atoms with Gasteiger partial charge in [0, 0.05) is 38.4 Å². The Morgan fingerprint density at radius 1 is 1.16 bits per heavy atom. The third-order valence-corrected chi connectivity index (χ3v) is 5.39. The number of nitrogens with zero attached hydrogens (tertiary/aromatic N) is 3. The number of halogens is 1. The van der Waals surface area contributed by atoms with Gasteiger partial charge in [0.05, 0.1) is 12.8 Å². The van der Waals surface area contributed by atoms with E-state index in [0.717, 1.165) is 11.9 Å². The van der Waals surface area contributed by atoms with Crippen molar-refractivity contribution in [3.05, 3.63) is 30.1 Å². The maximum Gasteiger partial charge on any atom is 0.238 e. The molecule has 1 aliphatic heterocycles. The Labute approximate surface area is 149 Å². The van der Waals surface area contributed by atoms with E-state index in [1.165, 1.54) is 16.4 Å². The van der Waals surface area contributed by atoms with Gasteiger partial charge in [0.2, 0.25) is 15.9 Å². The summed E-state index contributed by atoms with van der Waals surface area (Å²) in [6.07, 6.45) is 1.13. The smallest absolute Gasteiger partial charge is 0.238 e. The molecule has 0 aliphatic carbocycles. The van der Waals surface area contributed by atoms with Crippen molar-refractivity contribution in [2.75, 3.05) is 50.4 Å². The van der Waals surface area contributed by atoms with Gasteiger partial charge in [-0.1, -0.05) is 13.8 Å². The molecular weight excluding hydrogens is 345 g/mol. The first-order valence-corrected chi connectivity index (χ1v) is 10.2. The van der Waals surface area contributed by atoms with Crippen molar-refractivity contribution in [3.63, 3.8) is 0 Å². The Bertz CT molecular complexity index is 684. The van der Waals surface area contributed by atoms with Crippen LogP contribution in [0.5, 0.6) is 0 Å². The van der Waals surface area contributed by atoms with Gasteiger partial charge in [-0.2, -0.15) is 4.31 Å². The quantitative estimate of drug-likeness (QED) is 0.758. The molecule has 0 radical (unpaired) electrons. The summed E-state index contributed by atoms with van der Waals surface area (Å²) in [5.74, 6) is -0.300. The van der Waals surface area contributed by atoms with Crippen molar-refractivity contribution < 1.29 is 17.6 Å². The minimum atomic E-state index is -3.41. The van der Waals surface area contributed by atoms with E-state index in [2.05, 4.69) is 4.90 Å². The van der Waals surface area contributed by atoms with Gasteiger partial charge in [-0.25, -0.2) is 12.8 Å². The number of benzene rings is 1. The Balaban J connectivity index is 1.92. The van der Waals surface area contributed by atoms with Crippen molar-refractivity contribution in [2.45, 2.75) is 13.8 Å². The van der Waals surface area contributed by atoms with Crippen LogP contribution in [0.25, 0.3) is 0 Å². The van der Waals surface area contributed by atoms with Crippen LogP contribution < -0.4 is 4.90 Å². The van der Waals surface area contributed by atoms with Crippen molar-refractivity contribution in [2.24, 2.45) is 5.92 Å². The molecule has 1 saturated heterocycles. The lowest BCUT2D eigenvalue weighted by Gasteiger charge is -2.37. The Kier molecular flexibility index (Phi) is 6.40. The standard InChI is InChI=1S/C17H26FN3O3S/c1-14(2)12-21(25(3,23)24)13-17(22)20-10-8-19(9-11-20)16-6-4-15(18)5-7-16/h4-7,14H,8-13H2,1-3H3. The number of amides is 1. The molecule has 1 heterocycles. The van der Waals surface area contributed by atoms with Gasteiger partial charge >= 0.3 is 0 Å². The minimum Gasteiger partial charge on any atom is -0.368 e. The number of anilines is 1. The molecule has 1 aromatic rings. The average molecular weight is 371 g/mol. The molecule has 2 rings (SSSR count). The number of piperazine rings is 1. The Morgan fingerprint density at radius 3 is 2.20 bits per heavy atom. The zero-order valence-corrected chi connectivity index (χ0v) is 15.8. The number of hydrogen-bond acceptors (Lipinski definition) is 4. The third-order valence-electron chi connectivity index (χ3n) is 4.17. The summed E-state index contributed by atoms with van der Waals surface area (Å²) >= 11 is 0. The summed E-state index contributed by atoms with van der Waals surface area (Å²) in [6.45, 7) is 6.38. The number of sulfonamides is 1. The first-order chi connectivity index (χ1) is 11.7. The van der Waals surface area contributed by atoms with Crippen LogP contribution in [0.15, 0.2) is 24.3 Å². The number of hydrogen-bond donors (Lipinski definition) is 0. The average Bonchev–Trinajstić information content (AvgIpc) is 2.54. The highest BCUT2D eigenvalue weighted by molar-refractivity contribution is 7.88. The summed E-state index contributed by atoms with van der Waals surface area (Å²) in [6, 6.07) is 6.28. The molecule has 6 nitrogen and oxygen atoms in total. The largest absolute Gasteiger partial charge is 0.368 e. The first-order valence-electron chi connectivity index (χ1n) is 8.40. The lowest BCUT2D eigenvalue weighted by atomic mass is 10.2. The van der Waals surface area contributed by atoms with E-state index in [0.29, 0.717) is 32.7 Å². The van der Waals surface area contributed by atoms with Crippen LogP contribution in [0.4, 0.5) is 10.1 Å². The maximum absolute atomic E-state index is 13.0. The van der Waals surface area contributed by atoms with Crippen LogP contribution in [0.2, 0.25) is 0 Å². The fourth-order valence-electron chi connectivity index (χ4n) is 2.84. The lowest BCUT2D eigenvalue weighted by molar-refractivity contribution is -0.131. The van der Waals surface area contributed by atoms with Gasteiger partial charge in [-0.3, -0.25) is 4.79 Å². The fourth-order valence-corrected chi connectivity index (χ4v) is 3.76. The molecule has 0 aromatic heterocycles. The molecule has 0 unspecified atom stereocenters. The third kappa shape index (κ3) is 5.67. The zero-order chi connectivity index (χ0) is 18.6. The molecule has 1 aromatic carbocycles. The molecule has 25 heavy (non-hydrogen) atoms. The Hall–Kier alpha value is -1.67. The van der Waals surface area contributed by atoms with Gasteiger partial charge in [-0.15, -0.1) is 0 Å². The van der Waals surface area contributed by atoms with E-state index in [9.17, 15) is 17.6 Å². The second-order valence-corrected chi connectivity index (χ2v) is 8.78. The van der Waals surface area contributed by atoms with E-state index in [4.69, 9.17) is 0 Å². The second-order valence-electron chi connectivity index (χ2n) is 6.79. The number of carbonyl (C=O) groups is 1. The van der Waals surface area contributed by atoms with E-state index in [-0.39, 0.29) is 24.2 Å². The molecule has 1 aliphatic rings. The minimum absolute atomic E-state index is 0.117. The second kappa shape index (κ2) is 8.14. The molecule has 0 spiro atoms. The van der Waals surface area contributed by atoms with Crippen LogP contribution in [0, 0.1) is 11.7 Å². The maximum atomic E-state index is 13.0. The normalized spacial score (nSPS) is 15.9. The van der Waals surface area contributed by atoms with Crippen molar-refractivity contribution in [1.29, 1.82) is 0 Å². The fraction of sp³-hybridized carbons (Fsp3) is 0.588. The molecule has 140 valence electrons. The summed E-state index contributed by atoms with van der Waals surface area (Å²) in [7, 11) is -3.41. The van der Waals surface area contributed by atoms with Crippen LogP contribution in [-0.2, 0) is 14.8 Å². The molecule has 0 saturated carbocycles. The van der Waals surface area contributed by atoms with Gasteiger partial charge in [0.15, 0.2) is 0 Å². The number of carbonyl (C=O) groups excluding carboxylic acids is 1. The predicted octanol–water partition coefficient (Wildman–Crippen LogP) is 1.39. The molecule has 1 amide bonds. The van der Waals surface area contributed by atoms with Crippen LogP contribution in [-0.4, -0.2) is 69.1 Å². The van der Waals surface area contributed by atoms with E-state index in [1.807, 2.05) is 13.8 Å². The Morgan fingerprint density at radius 2 is 1.72 bits per heavy atom. The monoisotopic (exact) mass is 371 g/mol. The molecule has 8 heteroatoms. The van der Waals surface area contributed by atoms with Gasteiger partial charge in [0.25, 0.3) is 0 Å². The summed E-state index contributed by atoms with van der Waals surface area (Å²) in [5.41, 5.74) is 0.922. The van der Waals surface area contributed by atoms with Crippen LogP contribution in [0.1, 0.15) is 13.8 Å². The van der Waals surface area contributed by atoms with E-state index >= 15 is 0 Å².